The fourth-order valence-electron chi connectivity index (χ4n) is 5.28. The maximum absolute atomic E-state index is 4.37. The third kappa shape index (κ3) is 27.1. The predicted molar refractivity (Wildman–Crippen MR) is 181 cm³/mol. The molecule has 2 atom stereocenters. The first-order chi connectivity index (χ1) is 18.9. The Hall–Kier alpha value is -0.820. The molecule has 0 amide bonds. The maximum Gasteiger partial charge on any atom is -0.00193 e. The molecule has 0 radical (unpaired) electrons. The van der Waals surface area contributed by atoms with Gasteiger partial charge in [0.2, 0.25) is 0 Å². The van der Waals surface area contributed by atoms with E-state index in [2.05, 4.69) is 77.4 Å². The summed E-state index contributed by atoms with van der Waals surface area (Å²) in [5, 5.41) is 0. The molecule has 0 aromatic rings. The first-order valence-corrected chi connectivity index (χ1v) is 17.6. The third-order valence-electron chi connectivity index (χ3n) is 9.01. The Labute approximate surface area is 248 Å². The Morgan fingerprint density at radius 1 is 0.641 bits per heavy atom. The first-order valence-electron chi connectivity index (χ1n) is 17.6. The zero-order valence-corrected chi connectivity index (χ0v) is 28.0. The topological polar surface area (TPSA) is 3.24 Å². The van der Waals surface area contributed by atoms with Gasteiger partial charge in [0, 0.05) is 0 Å². The van der Waals surface area contributed by atoms with Crippen LogP contribution in [0.5, 0.6) is 0 Å². The molecule has 0 saturated carbocycles. The Balaban J connectivity index is 3.89. The van der Waals surface area contributed by atoms with Gasteiger partial charge in [-0.1, -0.05) is 148 Å². The molecular weight excluding hydrogens is 470 g/mol. The summed E-state index contributed by atoms with van der Waals surface area (Å²) < 4.78 is 0. The molecule has 0 fully saturated rings. The quantitative estimate of drug-likeness (QED) is 0.0669. The molecule has 0 saturated heterocycles. The van der Waals surface area contributed by atoms with Gasteiger partial charge in [0.05, 0.1) is 0 Å². The second kappa shape index (κ2) is 28.7. The number of rotatable bonds is 29. The second-order valence-electron chi connectivity index (χ2n) is 13.0. The highest BCUT2D eigenvalue weighted by atomic mass is 15.1. The van der Waals surface area contributed by atoms with Crippen molar-refractivity contribution in [1.29, 1.82) is 0 Å². The van der Waals surface area contributed by atoms with E-state index >= 15 is 0 Å². The lowest BCUT2D eigenvalue weighted by molar-refractivity contribution is 0.289. The summed E-state index contributed by atoms with van der Waals surface area (Å²) >= 11 is 0. The summed E-state index contributed by atoms with van der Waals surface area (Å²) in [6.07, 6.45) is 37.9. The van der Waals surface area contributed by atoms with Crippen LogP contribution in [0, 0.1) is 17.8 Å². The molecule has 0 rings (SSSR count). The number of unbranched alkanes of at least 4 members (excludes halogenated alkanes) is 11. The molecule has 0 aromatic carbocycles. The van der Waals surface area contributed by atoms with Crippen molar-refractivity contribution in [2.45, 2.75) is 169 Å². The van der Waals surface area contributed by atoms with Gasteiger partial charge in [0.15, 0.2) is 0 Å². The highest BCUT2D eigenvalue weighted by molar-refractivity contribution is 4.94. The van der Waals surface area contributed by atoms with Crippen LogP contribution in [0.25, 0.3) is 0 Å². The van der Waals surface area contributed by atoms with Gasteiger partial charge in [-0.05, 0) is 95.7 Å². The standard InChI is InChI=1S/C38H73N/c1-8-10-11-12-13-14-15-16-17-18-19-20-21-22-23-26-29-38(33-34-39(7)9-2)30-27-24-25-28-36(5)31-32-37(6)35(3)4/h12-13,15-16,35,37-38H,5,8-11,14,17-34H2,1-4,6-7H3/b13-12+,16-15-. The molecule has 1 heteroatoms. The Bertz CT molecular complexity index is 571. The van der Waals surface area contributed by atoms with Gasteiger partial charge in [-0.25, -0.2) is 0 Å². The fourth-order valence-corrected chi connectivity index (χ4v) is 5.28. The van der Waals surface area contributed by atoms with Gasteiger partial charge < -0.3 is 4.90 Å². The lowest BCUT2D eigenvalue weighted by atomic mass is 9.89. The van der Waals surface area contributed by atoms with Crippen molar-refractivity contribution in [3.63, 3.8) is 0 Å². The zero-order valence-electron chi connectivity index (χ0n) is 28.0. The van der Waals surface area contributed by atoms with Crippen molar-refractivity contribution >= 4 is 0 Å². The van der Waals surface area contributed by atoms with Crippen LogP contribution in [0.3, 0.4) is 0 Å². The van der Waals surface area contributed by atoms with Gasteiger partial charge in [0.25, 0.3) is 0 Å². The molecule has 0 aromatic heterocycles. The van der Waals surface area contributed by atoms with E-state index in [9.17, 15) is 0 Å². The van der Waals surface area contributed by atoms with Crippen LogP contribution < -0.4 is 0 Å². The molecule has 0 spiro atoms. The molecule has 2 unspecified atom stereocenters. The Morgan fingerprint density at radius 3 is 1.79 bits per heavy atom. The zero-order chi connectivity index (χ0) is 29.0. The lowest BCUT2D eigenvalue weighted by Gasteiger charge is -2.21. The average Bonchev–Trinajstić information content (AvgIpc) is 2.93. The van der Waals surface area contributed by atoms with Crippen molar-refractivity contribution in [1.82, 2.24) is 4.90 Å². The molecule has 0 bridgehead atoms. The number of hydrogen-bond donors (Lipinski definition) is 0. The van der Waals surface area contributed by atoms with Crippen LogP contribution in [-0.4, -0.2) is 25.0 Å². The minimum Gasteiger partial charge on any atom is -0.307 e. The van der Waals surface area contributed by atoms with Crippen molar-refractivity contribution in [2.75, 3.05) is 20.1 Å². The fraction of sp³-hybridized carbons (Fsp3) is 0.842. The summed E-state index contributed by atoms with van der Waals surface area (Å²) in [6.45, 7) is 18.5. The SMILES string of the molecule is C=C(CCCCCC(CCCCCCCCC/C=C\C/C=C/CCCC)CCN(C)CC)CCC(C)C(C)C. The minimum atomic E-state index is 0.798. The molecule has 1 nitrogen and oxygen atoms in total. The van der Waals surface area contributed by atoms with Crippen LogP contribution in [0.4, 0.5) is 0 Å². The van der Waals surface area contributed by atoms with E-state index in [1.54, 1.807) is 0 Å². The highest BCUT2D eigenvalue weighted by Gasteiger charge is 2.11. The third-order valence-corrected chi connectivity index (χ3v) is 9.01. The van der Waals surface area contributed by atoms with E-state index in [0.29, 0.717) is 0 Å². The first kappa shape index (κ1) is 38.2. The van der Waals surface area contributed by atoms with Crippen LogP contribution in [0.2, 0.25) is 0 Å². The summed E-state index contributed by atoms with van der Waals surface area (Å²) in [4.78, 5) is 2.49. The lowest BCUT2D eigenvalue weighted by Crippen LogP contribution is -2.21. The molecule has 0 aliphatic heterocycles. The van der Waals surface area contributed by atoms with Crippen molar-refractivity contribution in [2.24, 2.45) is 17.8 Å². The normalized spacial score (nSPS) is 13.8. The minimum absolute atomic E-state index is 0.798. The average molecular weight is 544 g/mol. The van der Waals surface area contributed by atoms with Gasteiger partial charge >= 0.3 is 0 Å². The largest absolute Gasteiger partial charge is 0.307 e. The molecule has 230 valence electrons. The van der Waals surface area contributed by atoms with Crippen molar-refractivity contribution < 1.29 is 0 Å². The summed E-state index contributed by atoms with van der Waals surface area (Å²) in [7, 11) is 2.28. The molecule has 0 aliphatic carbocycles. The van der Waals surface area contributed by atoms with Crippen LogP contribution in [0.15, 0.2) is 36.5 Å². The monoisotopic (exact) mass is 544 g/mol. The highest BCUT2D eigenvalue weighted by Crippen LogP contribution is 2.24. The molecular formula is C38H73N. The van der Waals surface area contributed by atoms with E-state index in [4.69, 9.17) is 0 Å². The van der Waals surface area contributed by atoms with Crippen molar-refractivity contribution in [3.05, 3.63) is 36.5 Å². The summed E-state index contributed by atoms with van der Waals surface area (Å²) in [5.74, 6) is 2.55. The number of hydrogen-bond acceptors (Lipinski definition) is 1. The number of allylic oxidation sites excluding steroid dienone is 5. The predicted octanol–water partition coefficient (Wildman–Crippen LogP) is 12.7. The van der Waals surface area contributed by atoms with E-state index in [1.807, 2.05) is 0 Å². The Kier molecular flexibility index (Phi) is 28.1. The molecule has 0 N–H and O–H groups in total. The van der Waals surface area contributed by atoms with Gasteiger partial charge in [-0.3, -0.25) is 0 Å². The van der Waals surface area contributed by atoms with Gasteiger partial charge in [0.1, 0.15) is 0 Å². The van der Waals surface area contributed by atoms with E-state index < -0.39 is 0 Å². The van der Waals surface area contributed by atoms with Crippen LogP contribution in [0.1, 0.15) is 169 Å². The maximum atomic E-state index is 4.37. The van der Waals surface area contributed by atoms with Crippen molar-refractivity contribution in [3.8, 4) is 0 Å². The summed E-state index contributed by atoms with van der Waals surface area (Å²) in [6, 6.07) is 0. The van der Waals surface area contributed by atoms with E-state index in [1.165, 1.54) is 147 Å². The van der Waals surface area contributed by atoms with Crippen LogP contribution >= 0.6 is 0 Å². The second-order valence-corrected chi connectivity index (χ2v) is 13.0. The summed E-state index contributed by atoms with van der Waals surface area (Å²) in [5.41, 5.74) is 1.49. The Morgan fingerprint density at radius 2 is 1.21 bits per heavy atom. The van der Waals surface area contributed by atoms with Gasteiger partial charge in [-0.15, -0.1) is 0 Å². The smallest absolute Gasteiger partial charge is 0.00193 e. The molecule has 0 aliphatic rings. The van der Waals surface area contributed by atoms with Gasteiger partial charge in [-0.2, -0.15) is 0 Å². The van der Waals surface area contributed by atoms with E-state index in [-0.39, 0.29) is 0 Å². The van der Waals surface area contributed by atoms with E-state index in [0.717, 1.165) is 24.2 Å². The molecule has 0 heterocycles. The molecule has 39 heavy (non-hydrogen) atoms. The number of nitrogens with zero attached hydrogens (tertiary/aromatic N) is 1. The van der Waals surface area contributed by atoms with Crippen LogP contribution in [-0.2, 0) is 0 Å².